The summed E-state index contributed by atoms with van der Waals surface area (Å²) in [4.78, 5) is 38.8. The van der Waals surface area contributed by atoms with Gasteiger partial charge in [0.15, 0.2) is 0 Å². The molecular formula is C24H23FN4O5. The van der Waals surface area contributed by atoms with Crippen LogP contribution in [0.2, 0.25) is 0 Å². The van der Waals surface area contributed by atoms with Crippen LogP contribution in [-0.2, 0) is 16.6 Å². The summed E-state index contributed by atoms with van der Waals surface area (Å²) >= 11 is 0. The zero-order valence-corrected chi connectivity index (χ0v) is 19.1. The Morgan fingerprint density at radius 3 is 2.53 bits per heavy atom. The first kappa shape index (κ1) is 24.6. The molecule has 1 saturated heterocycles. The number of hydrogen-bond acceptors (Lipinski definition) is 6. The van der Waals surface area contributed by atoms with Gasteiger partial charge in [0.25, 0.3) is 17.6 Å². The quantitative estimate of drug-likeness (QED) is 0.346. The molecule has 2 amide bonds. The predicted molar refractivity (Wildman–Crippen MR) is 119 cm³/mol. The number of amides is 2. The van der Waals surface area contributed by atoms with Gasteiger partial charge < -0.3 is 25.0 Å². The zero-order valence-electron chi connectivity index (χ0n) is 19.1. The molecule has 2 heterocycles. The van der Waals surface area contributed by atoms with Gasteiger partial charge in [0.05, 0.1) is 24.3 Å². The molecule has 1 atom stereocenters. The minimum absolute atomic E-state index is 0.0702. The van der Waals surface area contributed by atoms with E-state index < -0.39 is 35.1 Å². The largest absolute Gasteiger partial charge is 0.381 e. The Kier molecular flexibility index (Phi) is 6.87. The van der Waals surface area contributed by atoms with E-state index in [9.17, 15) is 23.9 Å². The van der Waals surface area contributed by atoms with Crippen LogP contribution in [0.25, 0.3) is 0 Å². The molecule has 2 aromatic rings. The molecule has 1 aliphatic rings. The van der Waals surface area contributed by atoms with Crippen LogP contribution in [0, 0.1) is 42.8 Å². The Hall–Kier alpha value is -3.99. The molecule has 3 N–H and O–H groups in total. The van der Waals surface area contributed by atoms with Crippen molar-refractivity contribution in [2.75, 3.05) is 18.5 Å². The van der Waals surface area contributed by atoms with E-state index in [1.54, 1.807) is 27.0 Å². The molecule has 10 heteroatoms. The Labute approximate surface area is 195 Å². The van der Waals surface area contributed by atoms with Gasteiger partial charge in [0.1, 0.15) is 29.2 Å². The number of halogens is 1. The molecule has 0 aliphatic carbocycles. The zero-order chi connectivity index (χ0) is 25.2. The van der Waals surface area contributed by atoms with Crippen molar-refractivity contribution in [3.63, 3.8) is 0 Å². The number of Topliss-reactive ketones (excluding diaryl/α,β-unsaturated/α-hetero) is 1. The summed E-state index contributed by atoms with van der Waals surface area (Å²) in [6.07, 6.45) is -0.907. The van der Waals surface area contributed by atoms with E-state index in [-0.39, 0.29) is 41.3 Å². The number of nitriles is 1. The minimum Gasteiger partial charge on any atom is -0.381 e. The third-order valence-electron chi connectivity index (χ3n) is 5.49. The fraction of sp³-hybridized carbons (Fsp3) is 0.333. The van der Waals surface area contributed by atoms with Gasteiger partial charge >= 0.3 is 0 Å². The summed E-state index contributed by atoms with van der Waals surface area (Å²) in [6.45, 7) is 4.78. The van der Waals surface area contributed by atoms with Crippen LogP contribution in [0.5, 0.6) is 0 Å². The van der Waals surface area contributed by atoms with Gasteiger partial charge in [-0.05, 0) is 44.5 Å². The molecule has 1 aromatic heterocycles. The van der Waals surface area contributed by atoms with E-state index in [1.165, 1.54) is 23.6 Å². The lowest BCUT2D eigenvalue weighted by Crippen LogP contribution is -2.62. The highest BCUT2D eigenvalue weighted by Crippen LogP contribution is 2.24. The van der Waals surface area contributed by atoms with Crippen molar-refractivity contribution < 1.29 is 28.6 Å². The highest BCUT2D eigenvalue weighted by molar-refractivity contribution is 6.44. The molecule has 1 aromatic carbocycles. The summed E-state index contributed by atoms with van der Waals surface area (Å²) in [5.41, 5.74) is -0.203. The third-order valence-corrected chi connectivity index (χ3v) is 5.49. The lowest BCUT2D eigenvalue weighted by Gasteiger charge is -2.37. The number of carbonyl (C=O) groups excluding carboxylic acids is 3. The SMILES string of the molecule is Cc1c(C(=O)C(=O)NC2(C#C[C@@H](C)O)COC2)c(C)n(C)c1C(=O)Nc1ccc(F)c(C#N)c1. The lowest BCUT2D eigenvalue weighted by molar-refractivity contribution is -0.124. The van der Waals surface area contributed by atoms with Crippen molar-refractivity contribution in [3.05, 3.63) is 52.1 Å². The highest BCUT2D eigenvalue weighted by atomic mass is 19.1. The van der Waals surface area contributed by atoms with Crippen LogP contribution in [0.4, 0.5) is 10.1 Å². The van der Waals surface area contributed by atoms with Crippen molar-refractivity contribution in [2.45, 2.75) is 32.4 Å². The number of aromatic nitrogens is 1. The second-order valence-electron chi connectivity index (χ2n) is 8.06. The summed E-state index contributed by atoms with van der Waals surface area (Å²) in [7, 11) is 1.58. The number of rotatable bonds is 5. The molecule has 9 nitrogen and oxygen atoms in total. The number of nitrogens with zero attached hydrogens (tertiary/aromatic N) is 2. The van der Waals surface area contributed by atoms with Crippen LogP contribution < -0.4 is 10.6 Å². The van der Waals surface area contributed by atoms with Gasteiger partial charge in [-0.25, -0.2) is 4.39 Å². The van der Waals surface area contributed by atoms with Gasteiger partial charge in [-0.2, -0.15) is 5.26 Å². The number of nitrogens with one attached hydrogen (secondary N) is 2. The molecule has 0 radical (unpaired) electrons. The normalized spacial score (nSPS) is 14.6. The standard InChI is InChI=1S/C24H23FN4O5/c1-13(30)7-8-24(11-34-12-24)28-23(33)21(31)19-14(2)20(29(4)15(19)3)22(32)27-17-5-6-18(25)16(9-17)10-26/h5-6,9,13,30H,11-12H2,1-4H3,(H,27,32)(H,28,33)/t13-/m1/s1. The fourth-order valence-corrected chi connectivity index (χ4v) is 3.62. The molecule has 0 spiro atoms. The van der Waals surface area contributed by atoms with Crippen LogP contribution in [-0.4, -0.2) is 52.1 Å². The van der Waals surface area contributed by atoms with Gasteiger partial charge in [0.2, 0.25) is 0 Å². The maximum atomic E-state index is 13.6. The average Bonchev–Trinajstić information content (AvgIpc) is 2.98. The highest BCUT2D eigenvalue weighted by Gasteiger charge is 2.41. The number of benzene rings is 1. The second-order valence-corrected chi connectivity index (χ2v) is 8.06. The van der Waals surface area contributed by atoms with Crippen LogP contribution in [0.3, 0.4) is 0 Å². The fourth-order valence-electron chi connectivity index (χ4n) is 3.62. The predicted octanol–water partition coefficient (Wildman–Crippen LogP) is 1.36. The van der Waals surface area contributed by atoms with E-state index in [1.807, 2.05) is 0 Å². The molecule has 1 aliphatic heterocycles. The van der Waals surface area contributed by atoms with Crippen molar-refractivity contribution in [1.82, 2.24) is 9.88 Å². The van der Waals surface area contributed by atoms with Crippen molar-refractivity contribution in [2.24, 2.45) is 7.05 Å². The van der Waals surface area contributed by atoms with Crippen molar-refractivity contribution in [1.29, 1.82) is 5.26 Å². The van der Waals surface area contributed by atoms with Crippen molar-refractivity contribution >= 4 is 23.3 Å². The topological polar surface area (TPSA) is 133 Å². The second kappa shape index (κ2) is 9.48. The van der Waals surface area contributed by atoms with Gasteiger partial charge in [-0.15, -0.1) is 0 Å². The Balaban J connectivity index is 1.86. The number of ether oxygens (including phenoxy) is 1. The van der Waals surface area contributed by atoms with E-state index in [2.05, 4.69) is 22.5 Å². The lowest BCUT2D eigenvalue weighted by atomic mass is 9.96. The molecule has 0 saturated carbocycles. The number of aliphatic hydroxyl groups is 1. The van der Waals surface area contributed by atoms with Crippen LogP contribution in [0.1, 0.15) is 44.6 Å². The molecular weight excluding hydrogens is 443 g/mol. The Bertz CT molecular complexity index is 1290. The van der Waals surface area contributed by atoms with Gasteiger partial charge in [0, 0.05) is 18.4 Å². The summed E-state index contributed by atoms with van der Waals surface area (Å²) in [5, 5.41) is 23.5. The maximum Gasteiger partial charge on any atom is 0.293 e. The monoisotopic (exact) mass is 466 g/mol. The summed E-state index contributed by atoms with van der Waals surface area (Å²) < 4.78 is 20.2. The Morgan fingerprint density at radius 1 is 1.29 bits per heavy atom. The first-order chi connectivity index (χ1) is 16.0. The van der Waals surface area contributed by atoms with Gasteiger partial charge in [-0.1, -0.05) is 11.8 Å². The van der Waals surface area contributed by atoms with Crippen molar-refractivity contribution in [3.8, 4) is 17.9 Å². The smallest absolute Gasteiger partial charge is 0.293 e. The number of hydrogen-bond donors (Lipinski definition) is 3. The van der Waals surface area contributed by atoms with E-state index >= 15 is 0 Å². The molecule has 1 fully saturated rings. The molecule has 3 rings (SSSR count). The molecule has 176 valence electrons. The first-order valence-corrected chi connectivity index (χ1v) is 10.3. The molecule has 0 bridgehead atoms. The van der Waals surface area contributed by atoms with E-state index in [0.29, 0.717) is 5.69 Å². The number of anilines is 1. The molecule has 0 unspecified atom stereocenters. The first-order valence-electron chi connectivity index (χ1n) is 10.3. The summed E-state index contributed by atoms with van der Waals surface area (Å²) in [5.74, 6) is 2.24. The number of carbonyl (C=O) groups is 3. The minimum atomic E-state index is -1.07. The van der Waals surface area contributed by atoms with E-state index in [4.69, 9.17) is 10.00 Å². The molecule has 34 heavy (non-hydrogen) atoms. The van der Waals surface area contributed by atoms with Gasteiger partial charge in [-0.3, -0.25) is 14.4 Å². The Morgan fingerprint density at radius 2 is 1.97 bits per heavy atom. The van der Waals surface area contributed by atoms with Crippen LogP contribution in [0.15, 0.2) is 18.2 Å². The maximum absolute atomic E-state index is 13.6. The average molecular weight is 466 g/mol. The number of ketones is 1. The van der Waals surface area contributed by atoms with E-state index in [0.717, 1.165) is 6.07 Å². The third kappa shape index (κ3) is 4.69. The van der Waals surface area contributed by atoms with Crippen LogP contribution >= 0.6 is 0 Å². The summed E-state index contributed by atoms with van der Waals surface area (Å²) in [6, 6.07) is 5.28. The number of aliphatic hydroxyl groups excluding tert-OH is 1.